The fraction of sp³-hybridized carbons (Fsp3) is 1.00. The molecule has 11 heavy (non-hydrogen) atoms. The van der Waals surface area contributed by atoms with E-state index in [-0.39, 0.29) is 0 Å². The maximum atomic E-state index is 5.49. The van der Waals surface area contributed by atoms with Gasteiger partial charge in [0.15, 0.2) is 0 Å². The van der Waals surface area contributed by atoms with E-state index >= 15 is 0 Å². The molecule has 66 valence electrons. The van der Waals surface area contributed by atoms with Gasteiger partial charge in [0.2, 0.25) is 0 Å². The molecular weight excluding hydrogens is 160 g/mol. The van der Waals surface area contributed by atoms with Crippen molar-refractivity contribution in [1.82, 2.24) is 0 Å². The van der Waals surface area contributed by atoms with E-state index in [0.29, 0.717) is 5.88 Å². The minimum Gasteiger partial charge on any atom is -0.380 e. The fourth-order valence-electron chi connectivity index (χ4n) is 1.66. The van der Waals surface area contributed by atoms with Crippen molar-refractivity contribution < 1.29 is 4.74 Å². The zero-order valence-corrected chi connectivity index (χ0v) is 7.78. The van der Waals surface area contributed by atoms with E-state index in [1.807, 2.05) is 0 Å². The molecule has 0 aliphatic heterocycles. The molecule has 1 saturated carbocycles. The third kappa shape index (κ3) is 3.97. The van der Waals surface area contributed by atoms with Gasteiger partial charge < -0.3 is 4.74 Å². The Hall–Kier alpha value is 0.250. The van der Waals surface area contributed by atoms with E-state index in [4.69, 9.17) is 16.3 Å². The molecule has 1 rings (SSSR count). The van der Waals surface area contributed by atoms with Gasteiger partial charge in [-0.1, -0.05) is 19.3 Å². The molecule has 1 fully saturated rings. The van der Waals surface area contributed by atoms with Crippen molar-refractivity contribution in [2.24, 2.45) is 5.92 Å². The maximum absolute atomic E-state index is 5.49. The summed E-state index contributed by atoms with van der Waals surface area (Å²) >= 11 is 5.49. The van der Waals surface area contributed by atoms with Gasteiger partial charge in [-0.05, 0) is 18.8 Å². The minimum atomic E-state index is 0.632. The molecule has 1 aliphatic carbocycles. The van der Waals surface area contributed by atoms with E-state index in [2.05, 4.69) is 0 Å². The fourth-order valence-corrected chi connectivity index (χ4v) is 1.77. The summed E-state index contributed by atoms with van der Waals surface area (Å²) in [6.45, 7) is 1.66. The minimum absolute atomic E-state index is 0.632. The lowest BCUT2D eigenvalue weighted by Gasteiger charge is -2.20. The summed E-state index contributed by atoms with van der Waals surface area (Å²) in [7, 11) is 0. The molecule has 0 atom stereocenters. The second-order valence-corrected chi connectivity index (χ2v) is 3.65. The summed E-state index contributed by atoms with van der Waals surface area (Å²) in [6.07, 6.45) is 6.94. The number of ether oxygens (including phenoxy) is 1. The first-order valence-corrected chi connectivity index (χ1v) is 5.10. The van der Waals surface area contributed by atoms with Gasteiger partial charge in [0, 0.05) is 12.5 Å². The average Bonchev–Trinajstić information content (AvgIpc) is 2.07. The first-order chi connectivity index (χ1) is 5.43. The number of alkyl halides is 1. The zero-order chi connectivity index (χ0) is 7.94. The number of halogens is 1. The Balaban J connectivity index is 1.96. The zero-order valence-electron chi connectivity index (χ0n) is 7.02. The van der Waals surface area contributed by atoms with Gasteiger partial charge in [0.05, 0.1) is 6.61 Å². The lowest BCUT2D eigenvalue weighted by atomic mass is 9.90. The Morgan fingerprint density at radius 3 is 2.55 bits per heavy atom. The highest BCUT2D eigenvalue weighted by Crippen LogP contribution is 2.23. The van der Waals surface area contributed by atoms with Crippen molar-refractivity contribution in [3.8, 4) is 0 Å². The van der Waals surface area contributed by atoms with Crippen LogP contribution in [-0.2, 0) is 4.74 Å². The maximum Gasteiger partial charge on any atom is 0.0601 e. The van der Waals surface area contributed by atoms with Crippen LogP contribution in [0.25, 0.3) is 0 Å². The third-order valence-corrected chi connectivity index (χ3v) is 2.45. The van der Waals surface area contributed by atoms with Crippen molar-refractivity contribution in [3.63, 3.8) is 0 Å². The molecule has 1 nitrogen and oxygen atoms in total. The van der Waals surface area contributed by atoms with E-state index in [9.17, 15) is 0 Å². The molecule has 0 unspecified atom stereocenters. The highest BCUT2D eigenvalue weighted by molar-refractivity contribution is 6.17. The highest BCUT2D eigenvalue weighted by atomic mass is 35.5. The van der Waals surface area contributed by atoms with Crippen molar-refractivity contribution in [3.05, 3.63) is 0 Å². The molecule has 2 heteroatoms. The van der Waals surface area contributed by atoms with Crippen LogP contribution in [0.1, 0.15) is 32.1 Å². The standard InChI is InChI=1S/C9H17ClO/c10-6-7-11-8-9-4-2-1-3-5-9/h9H,1-8H2. The summed E-state index contributed by atoms with van der Waals surface area (Å²) in [5.41, 5.74) is 0. The molecule has 0 aromatic rings. The lowest BCUT2D eigenvalue weighted by molar-refractivity contribution is 0.0962. The topological polar surface area (TPSA) is 9.23 Å². The van der Waals surface area contributed by atoms with Crippen LogP contribution in [0.4, 0.5) is 0 Å². The van der Waals surface area contributed by atoms with Crippen LogP contribution >= 0.6 is 11.6 Å². The third-order valence-electron chi connectivity index (χ3n) is 2.30. The van der Waals surface area contributed by atoms with Crippen LogP contribution in [-0.4, -0.2) is 19.1 Å². The quantitative estimate of drug-likeness (QED) is 0.473. The predicted octanol–water partition coefficient (Wildman–Crippen LogP) is 2.82. The van der Waals surface area contributed by atoms with Gasteiger partial charge in [-0.25, -0.2) is 0 Å². The molecule has 1 aliphatic rings. The molecule has 0 aromatic heterocycles. The molecule has 0 N–H and O–H groups in total. The van der Waals surface area contributed by atoms with Crippen molar-refractivity contribution in [2.45, 2.75) is 32.1 Å². The van der Waals surface area contributed by atoms with Crippen LogP contribution in [0.5, 0.6) is 0 Å². The Morgan fingerprint density at radius 1 is 1.18 bits per heavy atom. The Morgan fingerprint density at radius 2 is 1.91 bits per heavy atom. The normalized spacial score (nSPS) is 20.5. The van der Waals surface area contributed by atoms with Crippen molar-refractivity contribution in [2.75, 3.05) is 19.1 Å². The number of hydrogen-bond donors (Lipinski definition) is 0. The summed E-state index contributed by atoms with van der Waals surface area (Å²) in [6, 6.07) is 0. The molecule has 0 amide bonds. The summed E-state index contributed by atoms with van der Waals surface area (Å²) < 4.78 is 5.39. The summed E-state index contributed by atoms with van der Waals surface area (Å²) in [5, 5.41) is 0. The Bertz CT molecular complexity index is 89.6. The second kappa shape index (κ2) is 5.84. The van der Waals surface area contributed by atoms with Crippen molar-refractivity contribution in [1.29, 1.82) is 0 Å². The van der Waals surface area contributed by atoms with E-state index in [0.717, 1.165) is 19.1 Å². The molecular formula is C9H17ClO. The number of rotatable bonds is 4. The van der Waals surface area contributed by atoms with Crippen LogP contribution < -0.4 is 0 Å². The molecule has 0 radical (unpaired) electrons. The molecule has 0 heterocycles. The van der Waals surface area contributed by atoms with Gasteiger partial charge in [-0.15, -0.1) is 11.6 Å². The largest absolute Gasteiger partial charge is 0.380 e. The Kier molecular flexibility index (Phi) is 4.96. The highest BCUT2D eigenvalue weighted by Gasteiger charge is 2.12. The van der Waals surface area contributed by atoms with Crippen LogP contribution in [0, 0.1) is 5.92 Å². The average molecular weight is 177 g/mol. The van der Waals surface area contributed by atoms with Gasteiger partial charge in [0.1, 0.15) is 0 Å². The predicted molar refractivity (Wildman–Crippen MR) is 48.1 cm³/mol. The lowest BCUT2D eigenvalue weighted by Crippen LogP contribution is -2.14. The van der Waals surface area contributed by atoms with Gasteiger partial charge in [-0.2, -0.15) is 0 Å². The molecule has 0 saturated heterocycles. The van der Waals surface area contributed by atoms with Crippen LogP contribution in [0.15, 0.2) is 0 Å². The van der Waals surface area contributed by atoms with Gasteiger partial charge >= 0.3 is 0 Å². The first kappa shape index (κ1) is 9.34. The first-order valence-electron chi connectivity index (χ1n) is 4.57. The van der Waals surface area contributed by atoms with E-state index in [1.165, 1.54) is 32.1 Å². The summed E-state index contributed by atoms with van der Waals surface area (Å²) in [5.74, 6) is 1.46. The Labute approximate surface area is 74.1 Å². The van der Waals surface area contributed by atoms with Crippen LogP contribution in [0.2, 0.25) is 0 Å². The molecule has 0 aromatic carbocycles. The SMILES string of the molecule is ClCCOCC1CCCCC1. The molecule has 0 bridgehead atoms. The van der Waals surface area contributed by atoms with E-state index < -0.39 is 0 Å². The second-order valence-electron chi connectivity index (χ2n) is 3.27. The van der Waals surface area contributed by atoms with Crippen molar-refractivity contribution >= 4 is 11.6 Å². The monoisotopic (exact) mass is 176 g/mol. The van der Waals surface area contributed by atoms with Gasteiger partial charge in [0.25, 0.3) is 0 Å². The van der Waals surface area contributed by atoms with Gasteiger partial charge in [-0.3, -0.25) is 0 Å². The van der Waals surface area contributed by atoms with Crippen LogP contribution in [0.3, 0.4) is 0 Å². The molecule has 0 spiro atoms. The smallest absolute Gasteiger partial charge is 0.0601 e. The number of hydrogen-bond acceptors (Lipinski definition) is 1. The summed E-state index contributed by atoms with van der Waals surface area (Å²) in [4.78, 5) is 0. The van der Waals surface area contributed by atoms with E-state index in [1.54, 1.807) is 0 Å².